The largest absolute Gasteiger partial charge is 0.451 e. The van der Waals surface area contributed by atoms with E-state index in [0.29, 0.717) is 16.5 Å². The number of benzene rings is 1. The summed E-state index contributed by atoms with van der Waals surface area (Å²) in [5.74, 6) is 0.0650. The highest BCUT2D eigenvalue weighted by Crippen LogP contribution is 2.30. The number of nitrogens with zero attached hydrogens (tertiary/aromatic N) is 5. The predicted octanol–water partition coefficient (Wildman–Crippen LogP) is 2.80. The quantitative estimate of drug-likeness (QED) is 0.516. The molecule has 8 nitrogen and oxygen atoms in total. The molecule has 0 amide bonds. The minimum Gasteiger partial charge on any atom is -0.451 e. The monoisotopic (exact) mass is 353 g/mol. The van der Waals surface area contributed by atoms with Gasteiger partial charge in [-0.05, 0) is 19.1 Å². The molecule has 4 rings (SSSR count). The number of esters is 1. The van der Waals surface area contributed by atoms with Crippen LogP contribution in [0.25, 0.3) is 20.9 Å². The highest BCUT2D eigenvalue weighted by atomic mass is 32.1. The van der Waals surface area contributed by atoms with E-state index in [9.17, 15) is 4.79 Å². The molecule has 0 saturated heterocycles. The van der Waals surface area contributed by atoms with Gasteiger partial charge in [-0.2, -0.15) is 4.98 Å². The molecule has 0 radical (unpaired) electrons. The first-order valence-corrected chi connectivity index (χ1v) is 8.15. The molecule has 3 aromatic heterocycles. The Morgan fingerprint density at radius 1 is 1.20 bits per heavy atom. The second-order valence-corrected chi connectivity index (χ2v) is 6.08. The molecule has 0 unspecified atom stereocenters. The zero-order valence-corrected chi connectivity index (χ0v) is 13.9. The summed E-state index contributed by atoms with van der Waals surface area (Å²) in [7, 11) is 0. The zero-order chi connectivity index (χ0) is 17.2. The number of carbonyl (C=O) groups is 1. The lowest BCUT2D eigenvalue weighted by molar-refractivity contribution is 0.0423. The lowest BCUT2D eigenvalue weighted by Gasteiger charge is -2.04. The SMILES string of the molecule is Cc1noc(COC(=O)c2nccnc2-c2nc3ccccc3s2)n1. The van der Waals surface area contributed by atoms with Gasteiger partial charge in [-0.3, -0.25) is 0 Å². The molecule has 0 spiro atoms. The van der Waals surface area contributed by atoms with Gasteiger partial charge in [-0.1, -0.05) is 17.3 Å². The van der Waals surface area contributed by atoms with E-state index in [1.807, 2.05) is 24.3 Å². The Labute approximate surface area is 145 Å². The van der Waals surface area contributed by atoms with Gasteiger partial charge in [-0.15, -0.1) is 11.3 Å². The van der Waals surface area contributed by atoms with Crippen molar-refractivity contribution < 1.29 is 14.1 Å². The number of fused-ring (bicyclic) bond motifs is 1. The number of ether oxygens (including phenoxy) is 1. The van der Waals surface area contributed by atoms with Crippen molar-refractivity contribution in [3.05, 3.63) is 54.1 Å². The van der Waals surface area contributed by atoms with Gasteiger partial charge in [0.15, 0.2) is 18.1 Å². The van der Waals surface area contributed by atoms with E-state index in [0.717, 1.165) is 10.2 Å². The van der Waals surface area contributed by atoms with Crippen LogP contribution >= 0.6 is 11.3 Å². The van der Waals surface area contributed by atoms with Crippen LogP contribution in [0.4, 0.5) is 0 Å². The molecular formula is C16H11N5O3S. The number of rotatable bonds is 4. The molecule has 3 heterocycles. The zero-order valence-electron chi connectivity index (χ0n) is 13.0. The third-order valence-corrected chi connectivity index (χ3v) is 4.33. The molecule has 0 N–H and O–H groups in total. The van der Waals surface area contributed by atoms with Crippen molar-refractivity contribution in [2.45, 2.75) is 13.5 Å². The van der Waals surface area contributed by atoms with Crippen LogP contribution < -0.4 is 0 Å². The summed E-state index contributed by atoms with van der Waals surface area (Å²) in [6, 6.07) is 7.71. The summed E-state index contributed by atoms with van der Waals surface area (Å²) in [4.78, 5) is 29.3. The standard InChI is InChI=1S/C16H11N5O3S/c1-9-19-12(24-21-9)8-23-16(22)14-13(17-6-7-18-14)15-20-10-4-2-3-5-11(10)25-15/h2-7H,8H2,1H3. The molecule has 124 valence electrons. The molecule has 0 atom stereocenters. The summed E-state index contributed by atoms with van der Waals surface area (Å²) < 4.78 is 11.1. The molecule has 4 aromatic rings. The Kier molecular flexibility index (Phi) is 3.90. The van der Waals surface area contributed by atoms with E-state index >= 15 is 0 Å². The molecule has 0 bridgehead atoms. The van der Waals surface area contributed by atoms with Crippen molar-refractivity contribution in [3.8, 4) is 10.7 Å². The van der Waals surface area contributed by atoms with E-state index in [1.165, 1.54) is 23.7 Å². The summed E-state index contributed by atoms with van der Waals surface area (Å²) >= 11 is 1.44. The van der Waals surface area contributed by atoms with Crippen LogP contribution in [0.2, 0.25) is 0 Å². The van der Waals surface area contributed by atoms with Crippen LogP contribution in [-0.2, 0) is 11.3 Å². The summed E-state index contributed by atoms with van der Waals surface area (Å²) in [6.45, 7) is 1.55. The lowest BCUT2D eigenvalue weighted by atomic mass is 10.3. The summed E-state index contributed by atoms with van der Waals surface area (Å²) in [5.41, 5.74) is 1.32. The van der Waals surface area contributed by atoms with Crippen LogP contribution in [0.15, 0.2) is 41.2 Å². The van der Waals surface area contributed by atoms with Crippen molar-refractivity contribution in [1.29, 1.82) is 0 Å². The minimum absolute atomic E-state index is 0.0952. The van der Waals surface area contributed by atoms with E-state index in [2.05, 4.69) is 25.1 Å². The summed E-state index contributed by atoms with van der Waals surface area (Å²) in [6.07, 6.45) is 2.95. The number of aryl methyl sites for hydroxylation is 1. The van der Waals surface area contributed by atoms with Gasteiger partial charge in [0.25, 0.3) is 5.89 Å². The van der Waals surface area contributed by atoms with E-state index in [1.54, 1.807) is 6.92 Å². The summed E-state index contributed by atoms with van der Waals surface area (Å²) in [5, 5.41) is 4.25. The van der Waals surface area contributed by atoms with Crippen LogP contribution in [0, 0.1) is 6.92 Å². The van der Waals surface area contributed by atoms with E-state index in [-0.39, 0.29) is 18.2 Å². The fourth-order valence-electron chi connectivity index (χ4n) is 2.21. The average Bonchev–Trinajstić information content (AvgIpc) is 3.25. The molecule has 25 heavy (non-hydrogen) atoms. The van der Waals surface area contributed by atoms with Crippen molar-refractivity contribution in [2.24, 2.45) is 0 Å². The second kappa shape index (κ2) is 6.36. The first-order chi connectivity index (χ1) is 12.2. The van der Waals surface area contributed by atoms with Crippen molar-refractivity contribution in [2.75, 3.05) is 0 Å². The first-order valence-electron chi connectivity index (χ1n) is 7.34. The number of thiazole rings is 1. The van der Waals surface area contributed by atoms with Crippen LogP contribution in [0.5, 0.6) is 0 Å². The topological polar surface area (TPSA) is 104 Å². The maximum Gasteiger partial charge on any atom is 0.359 e. The maximum atomic E-state index is 12.4. The van der Waals surface area contributed by atoms with Crippen LogP contribution in [-0.4, -0.2) is 31.1 Å². The first kappa shape index (κ1) is 15.3. The minimum atomic E-state index is -0.627. The molecule has 0 fully saturated rings. The van der Waals surface area contributed by atoms with E-state index in [4.69, 9.17) is 9.26 Å². The molecule has 0 aliphatic heterocycles. The van der Waals surface area contributed by atoms with Crippen molar-refractivity contribution in [1.82, 2.24) is 25.1 Å². The highest BCUT2D eigenvalue weighted by molar-refractivity contribution is 7.21. The van der Waals surface area contributed by atoms with Gasteiger partial charge < -0.3 is 9.26 Å². The molecule has 1 aromatic carbocycles. The van der Waals surface area contributed by atoms with Crippen molar-refractivity contribution >= 4 is 27.5 Å². The van der Waals surface area contributed by atoms with Gasteiger partial charge >= 0.3 is 5.97 Å². The Morgan fingerprint density at radius 2 is 2.04 bits per heavy atom. The third kappa shape index (κ3) is 3.09. The van der Waals surface area contributed by atoms with Gasteiger partial charge in [0.2, 0.25) is 0 Å². The molecule has 0 aliphatic carbocycles. The van der Waals surface area contributed by atoms with Crippen LogP contribution in [0.1, 0.15) is 22.2 Å². The number of hydrogen-bond donors (Lipinski definition) is 0. The van der Waals surface area contributed by atoms with Gasteiger partial charge in [0.1, 0.15) is 10.7 Å². The smallest absolute Gasteiger partial charge is 0.359 e. The number of para-hydroxylation sites is 1. The molecule has 0 aliphatic rings. The third-order valence-electron chi connectivity index (χ3n) is 3.28. The van der Waals surface area contributed by atoms with Crippen LogP contribution in [0.3, 0.4) is 0 Å². The maximum absolute atomic E-state index is 12.4. The Hall–Kier alpha value is -3.20. The molecule has 0 saturated carbocycles. The Bertz CT molecular complexity index is 1030. The van der Waals surface area contributed by atoms with Gasteiger partial charge in [0, 0.05) is 12.4 Å². The van der Waals surface area contributed by atoms with Gasteiger partial charge in [0.05, 0.1) is 10.2 Å². The normalized spacial score (nSPS) is 10.9. The molecule has 9 heteroatoms. The second-order valence-electron chi connectivity index (χ2n) is 5.05. The number of carbonyl (C=O) groups excluding carboxylic acids is 1. The fraction of sp³-hybridized carbons (Fsp3) is 0.125. The highest BCUT2D eigenvalue weighted by Gasteiger charge is 2.20. The number of hydrogen-bond acceptors (Lipinski definition) is 9. The Balaban J connectivity index is 1.63. The fourth-order valence-corrected chi connectivity index (χ4v) is 3.17. The molecular weight excluding hydrogens is 342 g/mol. The van der Waals surface area contributed by atoms with Crippen molar-refractivity contribution in [3.63, 3.8) is 0 Å². The average molecular weight is 353 g/mol. The predicted molar refractivity (Wildman–Crippen MR) is 88.8 cm³/mol. The van der Waals surface area contributed by atoms with E-state index < -0.39 is 5.97 Å². The van der Waals surface area contributed by atoms with Gasteiger partial charge in [-0.25, -0.2) is 19.7 Å². The lowest BCUT2D eigenvalue weighted by Crippen LogP contribution is -2.10. The number of aromatic nitrogens is 5. The Morgan fingerprint density at radius 3 is 2.84 bits per heavy atom.